The number of carbonyl (C=O) groups is 1. The summed E-state index contributed by atoms with van der Waals surface area (Å²) in [6.45, 7) is 2.00. The van der Waals surface area contributed by atoms with Crippen molar-refractivity contribution in [3.05, 3.63) is 53.6 Å². The van der Waals surface area contributed by atoms with E-state index in [1.807, 2.05) is 49.4 Å². The number of rotatable bonds is 4. The van der Waals surface area contributed by atoms with Gasteiger partial charge in [-0.05, 0) is 36.8 Å². The van der Waals surface area contributed by atoms with Crippen molar-refractivity contribution in [1.29, 1.82) is 0 Å². The lowest BCUT2D eigenvalue weighted by atomic mass is 10.2. The Hall–Kier alpha value is -1.74. The number of hydrogen-bond acceptors (Lipinski definition) is 3. The first-order valence-electron chi connectivity index (χ1n) is 5.61. The fraction of sp³-hybridized carbons (Fsp3) is 0.133. The summed E-state index contributed by atoms with van der Waals surface area (Å²) in [5, 5.41) is 0. The van der Waals surface area contributed by atoms with Gasteiger partial charge in [-0.3, -0.25) is 4.79 Å². The predicted molar refractivity (Wildman–Crippen MR) is 73.7 cm³/mol. The number of ether oxygens (including phenoxy) is 1. The molecule has 2 aromatic rings. The standard InChI is InChI=1S/C15H14O2S/c1-11-9-12(10-16)7-8-14(11)18-15-6-4-3-5-13(15)17-2/h3-10H,1-2H3. The molecule has 0 aliphatic carbocycles. The van der Waals surface area contributed by atoms with Crippen LogP contribution in [0.3, 0.4) is 0 Å². The van der Waals surface area contributed by atoms with Gasteiger partial charge in [0, 0.05) is 10.5 Å². The van der Waals surface area contributed by atoms with Crippen LogP contribution in [0.5, 0.6) is 5.75 Å². The molecule has 0 saturated carbocycles. The Balaban J connectivity index is 2.31. The molecule has 0 saturated heterocycles. The third-order valence-corrected chi connectivity index (χ3v) is 3.86. The van der Waals surface area contributed by atoms with Gasteiger partial charge >= 0.3 is 0 Å². The van der Waals surface area contributed by atoms with Gasteiger partial charge in [-0.2, -0.15) is 0 Å². The predicted octanol–water partition coefficient (Wildman–Crippen LogP) is 3.97. The van der Waals surface area contributed by atoms with E-state index in [1.54, 1.807) is 18.9 Å². The summed E-state index contributed by atoms with van der Waals surface area (Å²) in [7, 11) is 1.67. The van der Waals surface area contributed by atoms with Crippen molar-refractivity contribution in [3.63, 3.8) is 0 Å². The molecule has 0 aliphatic rings. The lowest BCUT2D eigenvalue weighted by Crippen LogP contribution is -1.88. The molecule has 2 rings (SSSR count). The fourth-order valence-electron chi connectivity index (χ4n) is 1.68. The van der Waals surface area contributed by atoms with Crippen molar-refractivity contribution in [2.75, 3.05) is 7.11 Å². The Morgan fingerprint density at radius 3 is 2.56 bits per heavy atom. The summed E-state index contributed by atoms with van der Waals surface area (Å²) in [5.41, 5.74) is 1.80. The van der Waals surface area contributed by atoms with Crippen LogP contribution in [0.1, 0.15) is 15.9 Å². The highest BCUT2D eigenvalue weighted by atomic mass is 32.2. The number of carbonyl (C=O) groups excluding carboxylic acids is 1. The van der Waals surface area contributed by atoms with Gasteiger partial charge in [-0.15, -0.1) is 0 Å². The zero-order chi connectivity index (χ0) is 13.0. The zero-order valence-electron chi connectivity index (χ0n) is 10.3. The molecule has 0 heterocycles. The molecule has 0 atom stereocenters. The molecule has 0 unspecified atom stereocenters. The highest BCUT2D eigenvalue weighted by molar-refractivity contribution is 7.99. The van der Waals surface area contributed by atoms with E-state index in [0.29, 0.717) is 5.56 Å². The van der Waals surface area contributed by atoms with Crippen LogP contribution in [0.15, 0.2) is 52.3 Å². The van der Waals surface area contributed by atoms with Gasteiger partial charge in [0.15, 0.2) is 0 Å². The molecule has 0 fully saturated rings. The molecule has 0 bridgehead atoms. The zero-order valence-corrected chi connectivity index (χ0v) is 11.2. The molecular formula is C15H14O2S. The number of hydrogen-bond donors (Lipinski definition) is 0. The van der Waals surface area contributed by atoms with Gasteiger partial charge in [0.2, 0.25) is 0 Å². The van der Waals surface area contributed by atoms with Crippen molar-refractivity contribution in [3.8, 4) is 5.75 Å². The largest absolute Gasteiger partial charge is 0.496 e. The van der Waals surface area contributed by atoms with Gasteiger partial charge in [0.25, 0.3) is 0 Å². The molecule has 2 aromatic carbocycles. The number of benzene rings is 2. The molecule has 0 amide bonds. The van der Waals surface area contributed by atoms with Gasteiger partial charge in [-0.1, -0.05) is 30.0 Å². The van der Waals surface area contributed by atoms with Crippen molar-refractivity contribution < 1.29 is 9.53 Å². The maximum atomic E-state index is 10.7. The average molecular weight is 258 g/mol. The molecule has 0 radical (unpaired) electrons. The quantitative estimate of drug-likeness (QED) is 0.776. The van der Waals surface area contributed by atoms with E-state index in [2.05, 4.69) is 0 Å². The summed E-state index contributed by atoms with van der Waals surface area (Å²) in [5.74, 6) is 0.862. The van der Waals surface area contributed by atoms with Crippen LogP contribution in [0.2, 0.25) is 0 Å². The topological polar surface area (TPSA) is 26.3 Å². The highest BCUT2D eigenvalue weighted by Gasteiger charge is 2.06. The summed E-state index contributed by atoms with van der Waals surface area (Å²) >= 11 is 1.64. The molecule has 2 nitrogen and oxygen atoms in total. The number of methoxy groups -OCH3 is 1. The van der Waals surface area contributed by atoms with Crippen molar-refractivity contribution in [2.45, 2.75) is 16.7 Å². The Labute approximate surface area is 111 Å². The lowest BCUT2D eigenvalue weighted by Gasteiger charge is -2.09. The molecule has 0 spiro atoms. The van der Waals surface area contributed by atoms with E-state index in [1.165, 1.54) is 0 Å². The number of para-hydroxylation sites is 1. The second-order valence-electron chi connectivity index (χ2n) is 3.90. The third-order valence-electron chi connectivity index (χ3n) is 2.62. The highest BCUT2D eigenvalue weighted by Crippen LogP contribution is 2.36. The van der Waals surface area contributed by atoms with E-state index in [9.17, 15) is 4.79 Å². The van der Waals surface area contributed by atoms with Crippen LogP contribution < -0.4 is 4.74 Å². The molecule has 92 valence electrons. The number of aryl methyl sites for hydroxylation is 1. The Kier molecular flexibility index (Phi) is 4.05. The van der Waals surface area contributed by atoms with Crippen LogP contribution in [0.4, 0.5) is 0 Å². The third kappa shape index (κ3) is 2.74. The van der Waals surface area contributed by atoms with E-state index in [4.69, 9.17) is 4.74 Å². The first kappa shape index (κ1) is 12.7. The van der Waals surface area contributed by atoms with E-state index in [0.717, 1.165) is 27.4 Å². The molecule has 0 aromatic heterocycles. The second kappa shape index (κ2) is 5.74. The van der Waals surface area contributed by atoms with Crippen LogP contribution in [-0.4, -0.2) is 13.4 Å². The lowest BCUT2D eigenvalue weighted by molar-refractivity contribution is 0.112. The van der Waals surface area contributed by atoms with Crippen molar-refractivity contribution in [1.82, 2.24) is 0 Å². The molecule has 0 N–H and O–H groups in total. The number of aldehydes is 1. The van der Waals surface area contributed by atoms with Gasteiger partial charge in [-0.25, -0.2) is 0 Å². The van der Waals surface area contributed by atoms with Crippen LogP contribution in [-0.2, 0) is 0 Å². The Morgan fingerprint density at radius 2 is 1.89 bits per heavy atom. The first-order valence-corrected chi connectivity index (χ1v) is 6.43. The van der Waals surface area contributed by atoms with E-state index < -0.39 is 0 Å². The SMILES string of the molecule is COc1ccccc1Sc1ccc(C=O)cc1C. The van der Waals surface area contributed by atoms with Crippen LogP contribution in [0, 0.1) is 6.92 Å². The monoisotopic (exact) mass is 258 g/mol. The normalized spacial score (nSPS) is 10.1. The van der Waals surface area contributed by atoms with Crippen molar-refractivity contribution >= 4 is 18.0 Å². The maximum absolute atomic E-state index is 10.7. The maximum Gasteiger partial charge on any atom is 0.150 e. The minimum atomic E-state index is 0.705. The van der Waals surface area contributed by atoms with Gasteiger partial charge in [0.05, 0.1) is 12.0 Å². The summed E-state index contributed by atoms with van der Waals surface area (Å²) < 4.78 is 5.33. The van der Waals surface area contributed by atoms with E-state index >= 15 is 0 Å². The van der Waals surface area contributed by atoms with Crippen LogP contribution in [0.25, 0.3) is 0 Å². The summed E-state index contributed by atoms with van der Waals surface area (Å²) in [6.07, 6.45) is 0.866. The molecule has 18 heavy (non-hydrogen) atoms. The van der Waals surface area contributed by atoms with Gasteiger partial charge in [0.1, 0.15) is 12.0 Å². The molecule has 3 heteroatoms. The smallest absolute Gasteiger partial charge is 0.150 e. The Bertz CT molecular complexity index is 564. The van der Waals surface area contributed by atoms with Gasteiger partial charge < -0.3 is 4.74 Å². The minimum absolute atomic E-state index is 0.705. The second-order valence-corrected chi connectivity index (χ2v) is 4.98. The minimum Gasteiger partial charge on any atom is -0.496 e. The van der Waals surface area contributed by atoms with Crippen LogP contribution >= 0.6 is 11.8 Å². The van der Waals surface area contributed by atoms with Crippen molar-refractivity contribution in [2.24, 2.45) is 0 Å². The average Bonchev–Trinajstić information content (AvgIpc) is 2.41. The molecular weight excluding hydrogens is 244 g/mol. The summed E-state index contributed by atoms with van der Waals surface area (Å²) in [4.78, 5) is 12.9. The summed E-state index contributed by atoms with van der Waals surface area (Å²) in [6, 6.07) is 13.6. The first-order chi connectivity index (χ1) is 8.74. The fourth-order valence-corrected chi connectivity index (χ4v) is 2.67. The molecule has 0 aliphatic heterocycles. The van der Waals surface area contributed by atoms with E-state index in [-0.39, 0.29) is 0 Å². The Morgan fingerprint density at radius 1 is 1.11 bits per heavy atom.